The van der Waals surface area contributed by atoms with Crippen molar-refractivity contribution in [1.82, 2.24) is 4.98 Å². The molecule has 112 valence electrons. The summed E-state index contributed by atoms with van der Waals surface area (Å²) in [5.74, 6) is 0. The minimum atomic E-state index is -2.92. The van der Waals surface area contributed by atoms with E-state index in [1.54, 1.807) is 12.1 Å². The van der Waals surface area contributed by atoms with Crippen LogP contribution in [-0.4, -0.2) is 16.5 Å². The molecule has 6 heteroatoms. The predicted octanol–water partition coefficient (Wildman–Crippen LogP) is 3.70. The van der Waals surface area contributed by atoms with Crippen LogP contribution < -0.4 is 5.43 Å². The fourth-order valence-corrected chi connectivity index (χ4v) is 2.48. The van der Waals surface area contributed by atoms with Crippen LogP contribution in [0.15, 0.2) is 47.4 Å². The standard InChI is InChI=1S/C16H10ClF2NO2/c17-10-6-12-13(20-7-10)4-3-8-1-2-9(14(21)16(18)19)5-11(8)15(12)22/h1-7,14,16,21H. The van der Waals surface area contributed by atoms with Gasteiger partial charge in [-0.2, -0.15) is 0 Å². The lowest BCUT2D eigenvalue weighted by Crippen LogP contribution is -2.08. The molecule has 0 saturated carbocycles. The van der Waals surface area contributed by atoms with Crippen molar-refractivity contribution < 1.29 is 13.9 Å². The van der Waals surface area contributed by atoms with Gasteiger partial charge in [0.05, 0.1) is 10.5 Å². The molecule has 0 radical (unpaired) electrons. The van der Waals surface area contributed by atoms with Gasteiger partial charge in [0.25, 0.3) is 6.43 Å². The van der Waals surface area contributed by atoms with Gasteiger partial charge >= 0.3 is 0 Å². The van der Waals surface area contributed by atoms with Gasteiger partial charge in [0.2, 0.25) is 0 Å². The molecule has 1 atom stereocenters. The molecule has 3 nitrogen and oxygen atoms in total. The Kier molecular flexibility index (Phi) is 3.76. The molecule has 0 aliphatic heterocycles. The first-order valence-corrected chi connectivity index (χ1v) is 6.83. The van der Waals surface area contributed by atoms with Crippen molar-refractivity contribution in [2.24, 2.45) is 0 Å². The third-order valence-corrected chi connectivity index (χ3v) is 3.66. The first kappa shape index (κ1) is 14.8. The number of hydrogen-bond donors (Lipinski definition) is 1. The predicted molar refractivity (Wildman–Crippen MR) is 81.5 cm³/mol. The summed E-state index contributed by atoms with van der Waals surface area (Å²) >= 11 is 5.87. The van der Waals surface area contributed by atoms with Crippen LogP contribution in [0.5, 0.6) is 0 Å². The quantitative estimate of drug-likeness (QED) is 0.783. The second kappa shape index (κ2) is 5.59. The summed E-state index contributed by atoms with van der Waals surface area (Å²) < 4.78 is 25.3. The highest BCUT2D eigenvalue weighted by Crippen LogP contribution is 2.24. The maximum Gasteiger partial charge on any atom is 0.268 e. The topological polar surface area (TPSA) is 50.2 Å². The van der Waals surface area contributed by atoms with E-state index in [0.717, 1.165) is 0 Å². The number of aromatic nitrogens is 1. The van der Waals surface area contributed by atoms with Gasteiger partial charge in [-0.05, 0) is 29.1 Å². The Balaban J connectivity index is 2.38. The van der Waals surface area contributed by atoms with Gasteiger partial charge in [-0.3, -0.25) is 9.78 Å². The summed E-state index contributed by atoms with van der Waals surface area (Å²) in [4.78, 5) is 16.7. The van der Waals surface area contributed by atoms with Gasteiger partial charge in [0.1, 0.15) is 6.10 Å². The molecule has 3 aromatic rings. The Morgan fingerprint density at radius 3 is 2.55 bits per heavy atom. The smallest absolute Gasteiger partial charge is 0.268 e. The minimum Gasteiger partial charge on any atom is -0.382 e. The van der Waals surface area contributed by atoms with Gasteiger partial charge in [0, 0.05) is 17.0 Å². The van der Waals surface area contributed by atoms with Crippen molar-refractivity contribution >= 4 is 33.3 Å². The molecule has 0 amide bonds. The summed E-state index contributed by atoms with van der Waals surface area (Å²) in [7, 11) is 0. The average Bonchev–Trinajstić information content (AvgIpc) is 2.64. The molecule has 3 rings (SSSR count). The SMILES string of the molecule is O=c1c2cc(C(O)C(F)F)ccc2ccc2ncc(Cl)cc12. The van der Waals surface area contributed by atoms with Crippen LogP contribution in [0.4, 0.5) is 8.78 Å². The second-order valence-electron chi connectivity index (χ2n) is 4.87. The zero-order valence-corrected chi connectivity index (χ0v) is 11.9. The Labute approximate surface area is 128 Å². The first-order valence-electron chi connectivity index (χ1n) is 6.46. The third-order valence-electron chi connectivity index (χ3n) is 3.45. The Bertz CT molecular complexity index is 931. The van der Waals surface area contributed by atoms with Gasteiger partial charge in [0.15, 0.2) is 5.43 Å². The van der Waals surface area contributed by atoms with E-state index in [4.69, 9.17) is 11.6 Å². The molecule has 1 unspecified atom stereocenters. The van der Waals surface area contributed by atoms with Crippen LogP contribution in [-0.2, 0) is 0 Å². The minimum absolute atomic E-state index is 0.00561. The Hall–Kier alpha value is -2.11. The number of aliphatic hydroxyl groups excluding tert-OH is 1. The monoisotopic (exact) mass is 321 g/mol. The van der Waals surface area contributed by atoms with Gasteiger partial charge in [-0.1, -0.05) is 29.8 Å². The van der Waals surface area contributed by atoms with Crippen molar-refractivity contribution in [3.05, 3.63) is 63.4 Å². The van der Waals surface area contributed by atoms with E-state index < -0.39 is 12.5 Å². The van der Waals surface area contributed by atoms with E-state index in [-0.39, 0.29) is 16.4 Å². The first-order chi connectivity index (χ1) is 10.5. The van der Waals surface area contributed by atoms with Crippen molar-refractivity contribution in [3.63, 3.8) is 0 Å². The molecule has 1 aromatic heterocycles. The molecule has 1 N–H and O–H groups in total. The van der Waals surface area contributed by atoms with Crippen molar-refractivity contribution in [3.8, 4) is 0 Å². The lowest BCUT2D eigenvalue weighted by Gasteiger charge is -2.09. The molecule has 0 saturated heterocycles. The molecule has 1 heterocycles. The molecular formula is C16H10ClF2NO2. The van der Waals surface area contributed by atoms with E-state index >= 15 is 0 Å². The lowest BCUT2D eigenvalue weighted by molar-refractivity contribution is -0.00570. The highest BCUT2D eigenvalue weighted by molar-refractivity contribution is 6.31. The number of rotatable bonds is 2. The highest BCUT2D eigenvalue weighted by Gasteiger charge is 2.19. The van der Waals surface area contributed by atoms with Crippen LogP contribution in [0.3, 0.4) is 0 Å². The number of benzene rings is 1. The number of nitrogens with zero attached hydrogens (tertiary/aromatic N) is 1. The maximum atomic E-state index is 12.6. The molecule has 0 aliphatic carbocycles. The molecule has 2 aromatic carbocycles. The number of halogens is 3. The van der Waals surface area contributed by atoms with Crippen molar-refractivity contribution in [2.45, 2.75) is 12.5 Å². The summed E-state index contributed by atoms with van der Waals surface area (Å²) in [6.07, 6.45) is -3.42. The highest BCUT2D eigenvalue weighted by atomic mass is 35.5. The lowest BCUT2D eigenvalue weighted by atomic mass is 10.0. The van der Waals surface area contributed by atoms with Crippen LogP contribution in [0.1, 0.15) is 11.7 Å². The van der Waals surface area contributed by atoms with E-state index in [9.17, 15) is 18.7 Å². The van der Waals surface area contributed by atoms with Gasteiger partial charge in [-0.15, -0.1) is 0 Å². The Morgan fingerprint density at radius 1 is 1.09 bits per heavy atom. The molecule has 22 heavy (non-hydrogen) atoms. The fraction of sp³-hybridized carbons (Fsp3) is 0.125. The second-order valence-corrected chi connectivity index (χ2v) is 5.31. The molecule has 0 fully saturated rings. The van der Waals surface area contributed by atoms with Crippen LogP contribution in [0.2, 0.25) is 5.02 Å². The largest absolute Gasteiger partial charge is 0.382 e. The van der Waals surface area contributed by atoms with E-state index in [1.807, 2.05) is 0 Å². The Morgan fingerprint density at radius 2 is 1.82 bits per heavy atom. The molecule has 0 aliphatic rings. The molecular weight excluding hydrogens is 312 g/mol. The van der Waals surface area contributed by atoms with E-state index in [1.165, 1.54) is 30.5 Å². The van der Waals surface area contributed by atoms with Crippen LogP contribution in [0.25, 0.3) is 21.7 Å². The van der Waals surface area contributed by atoms with Crippen LogP contribution in [0, 0.1) is 0 Å². The van der Waals surface area contributed by atoms with Crippen molar-refractivity contribution in [1.29, 1.82) is 0 Å². The van der Waals surface area contributed by atoms with E-state index in [0.29, 0.717) is 21.3 Å². The summed E-state index contributed by atoms with van der Waals surface area (Å²) in [6, 6.07) is 9.02. The molecule has 0 spiro atoms. The molecule has 0 bridgehead atoms. The number of fused-ring (bicyclic) bond motifs is 2. The van der Waals surface area contributed by atoms with Crippen molar-refractivity contribution in [2.75, 3.05) is 0 Å². The summed E-state index contributed by atoms with van der Waals surface area (Å²) in [5.41, 5.74) is 0.0869. The summed E-state index contributed by atoms with van der Waals surface area (Å²) in [5, 5.41) is 10.9. The van der Waals surface area contributed by atoms with E-state index in [2.05, 4.69) is 4.98 Å². The van der Waals surface area contributed by atoms with Gasteiger partial charge in [-0.25, -0.2) is 8.78 Å². The number of hydrogen-bond acceptors (Lipinski definition) is 3. The number of pyridine rings is 1. The zero-order valence-electron chi connectivity index (χ0n) is 11.1. The van der Waals surface area contributed by atoms with Gasteiger partial charge < -0.3 is 5.11 Å². The zero-order chi connectivity index (χ0) is 15.9. The maximum absolute atomic E-state index is 12.6. The fourth-order valence-electron chi connectivity index (χ4n) is 2.32. The average molecular weight is 322 g/mol. The number of alkyl halides is 2. The summed E-state index contributed by atoms with van der Waals surface area (Å²) in [6.45, 7) is 0. The third kappa shape index (κ3) is 2.53. The number of aliphatic hydroxyl groups is 1. The normalized spacial score (nSPS) is 13.0. The van der Waals surface area contributed by atoms with Crippen LogP contribution >= 0.6 is 11.6 Å².